The molecular formula is C35H43ClN6O3. The van der Waals surface area contributed by atoms with Crippen LogP contribution in [0.5, 0.6) is 5.75 Å². The molecule has 0 radical (unpaired) electrons. The highest BCUT2D eigenvalue weighted by Gasteiger charge is 2.05. The molecule has 0 heterocycles. The van der Waals surface area contributed by atoms with E-state index in [1.165, 1.54) is 12.8 Å². The van der Waals surface area contributed by atoms with E-state index in [1.54, 1.807) is 12.1 Å². The molecule has 3 aromatic carbocycles. The number of anilines is 1. The van der Waals surface area contributed by atoms with Crippen LogP contribution in [-0.2, 0) is 9.53 Å². The monoisotopic (exact) mass is 630 g/mol. The summed E-state index contributed by atoms with van der Waals surface area (Å²) in [6, 6.07) is 22.7. The van der Waals surface area contributed by atoms with E-state index in [-0.39, 0.29) is 5.97 Å². The lowest BCUT2D eigenvalue weighted by Gasteiger charge is -2.21. The van der Waals surface area contributed by atoms with Gasteiger partial charge in [-0.3, -0.25) is 4.79 Å². The summed E-state index contributed by atoms with van der Waals surface area (Å²) in [5.74, 6) is 0.595. The standard InChI is InChI=1S/C35H43ClN6O3/c1-3-35(43)45-26-11-9-7-5-6-8-10-25-44-32-21-22-34(33(36)27-32)41-40-29-15-13-28(14-16-29)38-39-30-17-19-31(20-18-30)42(4-2)24-12-23-37/h13-22,27H,3-12,24-26H2,1-2H3. The van der Waals surface area contributed by atoms with Crippen LogP contribution in [0.4, 0.5) is 28.4 Å². The molecule has 0 aromatic heterocycles. The van der Waals surface area contributed by atoms with E-state index in [2.05, 4.69) is 38.3 Å². The average Bonchev–Trinajstić information content (AvgIpc) is 3.07. The van der Waals surface area contributed by atoms with Gasteiger partial charge in [0.05, 0.1) is 47.8 Å². The molecule has 0 amide bonds. The van der Waals surface area contributed by atoms with Crippen molar-refractivity contribution in [3.63, 3.8) is 0 Å². The molecule has 0 fully saturated rings. The zero-order valence-corrected chi connectivity index (χ0v) is 27.1. The molecule has 0 unspecified atom stereocenters. The van der Waals surface area contributed by atoms with E-state index < -0.39 is 0 Å². The van der Waals surface area contributed by atoms with Gasteiger partial charge in [0.1, 0.15) is 11.4 Å². The van der Waals surface area contributed by atoms with Gasteiger partial charge in [-0.25, -0.2) is 0 Å². The minimum Gasteiger partial charge on any atom is -0.494 e. The van der Waals surface area contributed by atoms with Crippen molar-refractivity contribution in [2.75, 3.05) is 31.2 Å². The van der Waals surface area contributed by atoms with Gasteiger partial charge in [0.25, 0.3) is 0 Å². The van der Waals surface area contributed by atoms with Crippen LogP contribution >= 0.6 is 11.6 Å². The summed E-state index contributed by atoms with van der Waals surface area (Å²) in [6.07, 6.45) is 8.56. The van der Waals surface area contributed by atoms with Crippen molar-refractivity contribution in [3.05, 3.63) is 71.8 Å². The molecule has 45 heavy (non-hydrogen) atoms. The molecule has 0 saturated heterocycles. The van der Waals surface area contributed by atoms with Crippen LogP contribution in [0.3, 0.4) is 0 Å². The fourth-order valence-electron chi connectivity index (χ4n) is 4.42. The molecule has 0 bridgehead atoms. The van der Waals surface area contributed by atoms with E-state index in [4.69, 9.17) is 26.3 Å². The topological polar surface area (TPSA) is 112 Å². The Morgan fingerprint density at radius 1 is 0.778 bits per heavy atom. The minimum atomic E-state index is -0.120. The molecule has 0 saturated carbocycles. The van der Waals surface area contributed by atoms with Crippen molar-refractivity contribution >= 4 is 46.0 Å². The van der Waals surface area contributed by atoms with E-state index in [1.807, 2.05) is 61.5 Å². The van der Waals surface area contributed by atoms with Crippen molar-refractivity contribution in [3.8, 4) is 11.8 Å². The van der Waals surface area contributed by atoms with Gasteiger partial charge in [-0.15, -0.1) is 5.11 Å². The quantitative estimate of drug-likeness (QED) is 0.0700. The summed E-state index contributed by atoms with van der Waals surface area (Å²) in [4.78, 5) is 13.3. The van der Waals surface area contributed by atoms with Gasteiger partial charge in [-0.1, -0.05) is 50.6 Å². The maximum absolute atomic E-state index is 11.1. The summed E-state index contributed by atoms with van der Waals surface area (Å²) < 4.78 is 11.0. The van der Waals surface area contributed by atoms with E-state index in [0.717, 1.165) is 50.0 Å². The molecule has 9 nitrogen and oxygen atoms in total. The molecule has 3 rings (SSSR count). The Balaban J connectivity index is 1.37. The Morgan fingerprint density at radius 2 is 1.33 bits per heavy atom. The number of carbonyl (C=O) groups excluding carboxylic acids is 1. The van der Waals surface area contributed by atoms with Crippen molar-refractivity contribution in [1.82, 2.24) is 0 Å². The van der Waals surface area contributed by atoms with Gasteiger partial charge < -0.3 is 14.4 Å². The number of unbranched alkanes of at least 4 members (excludes halogenated alkanes) is 6. The molecular weight excluding hydrogens is 588 g/mol. The van der Waals surface area contributed by atoms with Crippen molar-refractivity contribution in [2.24, 2.45) is 20.5 Å². The first-order valence-corrected chi connectivity index (χ1v) is 16.1. The highest BCUT2D eigenvalue weighted by atomic mass is 35.5. The minimum absolute atomic E-state index is 0.120. The summed E-state index contributed by atoms with van der Waals surface area (Å²) in [7, 11) is 0. The predicted molar refractivity (Wildman–Crippen MR) is 180 cm³/mol. The number of ether oxygens (including phenoxy) is 2. The Bertz CT molecular complexity index is 1400. The normalized spacial score (nSPS) is 11.2. The molecule has 0 atom stereocenters. The number of esters is 1. The van der Waals surface area contributed by atoms with Crippen LogP contribution < -0.4 is 9.64 Å². The fraction of sp³-hybridized carbons (Fsp3) is 0.429. The maximum atomic E-state index is 11.1. The van der Waals surface area contributed by atoms with Crippen LogP contribution in [0, 0.1) is 11.3 Å². The maximum Gasteiger partial charge on any atom is 0.305 e. The van der Waals surface area contributed by atoms with Gasteiger partial charge in [-0.05, 0) is 80.4 Å². The Morgan fingerprint density at radius 3 is 1.89 bits per heavy atom. The number of hydrogen-bond donors (Lipinski definition) is 0. The molecule has 3 aromatic rings. The molecule has 0 aliphatic heterocycles. The lowest BCUT2D eigenvalue weighted by Crippen LogP contribution is -2.23. The molecule has 0 aliphatic carbocycles. The van der Waals surface area contributed by atoms with Crippen molar-refractivity contribution in [1.29, 1.82) is 5.26 Å². The fourth-order valence-corrected chi connectivity index (χ4v) is 4.63. The zero-order valence-electron chi connectivity index (χ0n) is 26.3. The SMILES string of the molecule is CCC(=O)OCCCCCCCCCOc1ccc(N=Nc2ccc(N=Nc3ccc(N(CC)CCC#N)cc3)cc2)c(Cl)c1. The molecule has 0 aliphatic rings. The van der Waals surface area contributed by atoms with Crippen LogP contribution in [0.25, 0.3) is 0 Å². The summed E-state index contributed by atoms with van der Waals surface area (Å²) in [5.41, 5.74) is 3.75. The number of benzene rings is 3. The predicted octanol–water partition coefficient (Wildman–Crippen LogP) is 11.0. The van der Waals surface area contributed by atoms with Gasteiger partial charge in [0.2, 0.25) is 0 Å². The van der Waals surface area contributed by atoms with Gasteiger partial charge in [0.15, 0.2) is 0 Å². The lowest BCUT2D eigenvalue weighted by atomic mass is 10.1. The zero-order chi connectivity index (χ0) is 32.1. The number of nitriles is 1. The van der Waals surface area contributed by atoms with E-state index >= 15 is 0 Å². The summed E-state index contributed by atoms with van der Waals surface area (Å²) >= 11 is 6.43. The average molecular weight is 631 g/mol. The number of nitrogens with zero attached hydrogens (tertiary/aromatic N) is 6. The van der Waals surface area contributed by atoms with Crippen LogP contribution in [0.15, 0.2) is 87.2 Å². The number of rotatable bonds is 20. The van der Waals surface area contributed by atoms with E-state index in [9.17, 15) is 4.79 Å². The number of carbonyl (C=O) groups is 1. The second-order valence-corrected chi connectivity index (χ2v) is 10.8. The van der Waals surface area contributed by atoms with Gasteiger partial charge in [0, 0.05) is 31.3 Å². The smallest absolute Gasteiger partial charge is 0.305 e. The Hall–Kier alpha value is -4.29. The van der Waals surface area contributed by atoms with Crippen molar-refractivity contribution < 1.29 is 14.3 Å². The summed E-state index contributed by atoms with van der Waals surface area (Å²) in [5, 5.41) is 26.6. The third-order valence-electron chi connectivity index (χ3n) is 7.02. The Labute approximate surface area is 271 Å². The second kappa shape index (κ2) is 20.6. The first-order chi connectivity index (χ1) is 22.0. The molecule has 10 heteroatoms. The van der Waals surface area contributed by atoms with Crippen LogP contribution in [-0.4, -0.2) is 32.3 Å². The highest BCUT2D eigenvalue weighted by molar-refractivity contribution is 6.33. The first kappa shape index (κ1) is 35.2. The largest absolute Gasteiger partial charge is 0.494 e. The third-order valence-corrected chi connectivity index (χ3v) is 7.32. The lowest BCUT2D eigenvalue weighted by molar-refractivity contribution is -0.143. The molecule has 0 N–H and O–H groups in total. The molecule has 0 spiro atoms. The third kappa shape index (κ3) is 13.5. The number of azo groups is 2. The first-order valence-electron chi connectivity index (χ1n) is 15.8. The van der Waals surface area contributed by atoms with Crippen LogP contribution in [0.1, 0.15) is 71.6 Å². The number of halogens is 1. The Kier molecular flexibility index (Phi) is 16.1. The summed E-state index contributed by atoms with van der Waals surface area (Å²) in [6.45, 7) is 6.59. The van der Waals surface area contributed by atoms with Gasteiger partial charge >= 0.3 is 5.97 Å². The second-order valence-electron chi connectivity index (χ2n) is 10.4. The van der Waals surface area contributed by atoms with Crippen LogP contribution in [0.2, 0.25) is 5.02 Å². The number of hydrogen-bond acceptors (Lipinski definition) is 9. The highest BCUT2D eigenvalue weighted by Crippen LogP contribution is 2.31. The molecule has 238 valence electrons. The van der Waals surface area contributed by atoms with Gasteiger partial charge in [-0.2, -0.15) is 20.6 Å². The van der Waals surface area contributed by atoms with Crippen molar-refractivity contribution in [2.45, 2.75) is 71.6 Å². The van der Waals surface area contributed by atoms with E-state index in [0.29, 0.717) is 60.4 Å².